The van der Waals surface area contributed by atoms with E-state index in [1.807, 2.05) is 0 Å². The van der Waals surface area contributed by atoms with Crippen LogP contribution in [0.2, 0.25) is 0 Å². The molecule has 1 atom stereocenters. The second-order valence-corrected chi connectivity index (χ2v) is 3.75. The van der Waals surface area contributed by atoms with Crippen LogP contribution in [-0.4, -0.2) is 5.78 Å². The van der Waals surface area contributed by atoms with E-state index in [1.165, 1.54) is 0 Å². The fraction of sp³-hybridized carbons (Fsp3) is 0.188. The average molecular weight is 231 g/mol. The van der Waals surface area contributed by atoms with Crippen LogP contribution in [-0.2, 0) is 0 Å². The Morgan fingerprint density at radius 3 is 2.41 bits per heavy atom. The molecule has 0 heterocycles. The molecule has 0 bridgehead atoms. The maximum absolute atomic E-state index is 12.7. The Hall–Kier alpha value is -1.89. The molecule has 1 heteroatoms. The molecule has 0 aromatic heterocycles. The van der Waals surface area contributed by atoms with Gasteiger partial charge in [-0.2, -0.15) is 0 Å². The van der Waals surface area contributed by atoms with Crippen molar-refractivity contribution < 1.29 is 14.4 Å². The smallest absolute Gasteiger partial charge is 0.170 e. The molecular formula is C16H16O. The summed E-state index contributed by atoms with van der Waals surface area (Å²) >= 11 is 0. The fourth-order valence-corrected chi connectivity index (χ4v) is 1.55. The van der Waals surface area contributed by atoms with Gasteiger partial charge in [0.05, 0.1) is 5.48 Å². The van der Waals surface area contributed by atoms with E-state index in [2.05, 4.69) is 0 Å². The van der Waals surface area contributed by atoms with E-state index < -0.39 is 48.3 Å². The van der Waals surface area contributed by atoms with Gasteiger partial charge >= 0.3 is 0 Å². The predicted octanol–water partition coefficient (Wildman–Crippen LogP) is 3.98. The van der Waals surface area contributed by atoms with Crippen LogP contribution < -0.4 is 0 Å². The number of benzene rings is 2. The topological polar surface area (TPSA) is 17.1 Å². The minimum atomic E-state index is -2.79. The van der Waals surface area contributed by atoms with Gasteiger partial charge in [0.25, 0.3) is 0 Å². The second kappa shape index (κ2) is 4.96. The highest BCUT2D eigenvalue weighted by Gasteiger charge is 2.16. The van der Waals surface area contributed by atoms with Gasteiger partial charge in [0, 0.05) is 15.6 Å². The molecule has 0 saturated carbocycles. The molecule has 0 N–H and O–H groups in total. The van der Waals surface area contributed by atoms with Gasteiger partial charge in [-0.05, 0) is 12.4 Å². The van der Waals surface area contributed by atoms with Crippen molar-refractivity contribution in [2.45, 2.75) is 19.7 Å². The monoisotopic (exact) mass is 231 g/mol. The van der Waals surface area contributed by atoms with Crippen molar-refractivity contribution in [3.8, 4) is 0 Å². The van der Waals surface area contributed by atoms with Crippen molar-refractivity contribution >= 4 is 5.78 Å². The van der Waals surface area contributed by atoms with E-state index in [4.69, 9.17) is 9.60 Å². The molecule has 0 aliphatic heterocycles. The maximum Gasteiger partial charge on any atom is 0.170 e. The molecule has 2 rings (SSSR count). The van der Waals surface area contributed by atoms with E-state index in [0.717, 1.165) is 0 Å². The summed E-state index contributed by atoms with van der Waals surface area (Å²) in [5.74, 6) is -1.24. The normalized spacial score (nSPS) is 18.8. The number of ketones is 1. The lowest BCUT2D eigenvalue weighted by Crippen LogP contribution is -2.09. The lowest BCUT2D eigenvalue weighted by molar-refractivity contribution is 0.0966. The van der Waals surface area contributed by atoms with Crippen LogP contribution >= 0.6 is 0 Å². The molecule has 0 aliphatic rings. The molecule has 1 unspecified atom stereocenters. The van der Waals surface area contributed by atoms with E-state index >= 15 is 0 Å². The molecule has 0 aliphatic carbocycles. The minimum absolute atomic E-state index is 0.380. The first-order chi connectivity index (χ1) is 11.1. The molecular weight excluding hydrogens is 208 g/mol. The quantitative estimate of drug-likeness (QED) is 0.730. The Labute approximate surface area is 112 Å². The maximum atomic E-state index is 12.7. The van der Waals surface area contributed by atoms with Crippen LogP contribution in [0, 0.1) is 6.85 Å². The van der Waals surface area contributed by atoms with Gasteiger partial charge in [-0.1, -0.05) is 67.0 Å². The number of hydrogen-bond acceptors (Lipinski definition) is 1. The first-order valence-electron chi connectivity index (χ1n) is 8.77. The Bertz CT molecular complexity index is 752. The highest BCUT2D eigenvalue weighted by atomic mass is 16.1. The number of Topliss-reactive ketones (excluding diaryl/α,β-unsaturated/α-hetero) is 1. The molecule has 0 spiro atoms. The Kier molecular flexibility index (Phi) is 1.64. The zero-order valence-electron chi connectivity index (χ0n) is 16.4. The zero-order chi connectivity index (χ0) is 18.2. The summed E-state index contributed by atoms with van der Waals surface area (Å²) in [5.41, 5.74) is -0.366. The molecule has 17 heavy (non-hydrogen) atoms. The van der Waals surface area contributed by atoms with Crippen LogP contribution in [0.3, 0.4) is 0 Å². The molecule has 0 radical (unpaired) electrons. The highest BCUT2D eigenvalue weighted by molar-refractivity contribution is 6.00. The van der Waals surface area contributed by atoms with Crippen molar-refractivity contribution in [3.63, 3.8) is 0 Å². The van der Waals surface area contributed by atoms with E-state index in [-0.39, 0.29) is 5.56 Å². The SMILES string of the molecule is [2H]c1c([2H])c(C([2H])([2H])[2H])c([2H])c([2H])c1C(=O)C(C)c1ccccc1. The standard InChI is InChI=1S/C16H16O/c1-12-8-10-15(11-9-12)16(17)13(2)14-6-4-3-5-7-14/h3-11,13H,1-2H3/i1D3,8D,9D,10D,11D. The molecule has 86 valence electrons. The predicted molar refractivity (Wildman–Crippen MR) is 70.4 cm³/mol. The first-order valence-corrected chi connectivity index (χ1v) is 5.27. The molecule has 2 aromatic carbocycles. The number of carbonyl (C=O) groups is 1. The van der Waals surface area contributed by atoms with Crippen molar-refractivity contribution in [2.75, 3.05) is 0 Å². The zero-order valence-corrected chi connectivity index (χ0v) is 9.37. The largest absolute Gasteiger partial charge is 0.294 e. The van der Waals surface area contributed by atoms with Gasteiger partial charge < -0.3 is 0 Å². The number of rotatable bonds is 3. The summed E-state index contributed by atoms with van der Waals surface area (Å²) in [5, 5.41) is 0. The highest BCUT2D eigenvalue weighted by Crippen LogP contribution is 2.20. The number of carbonyl (C=O) groups excluding carboxylic acids is 1. The fourth-order valence-electron chi connectivity index (χ4n) is 1.55. The molecule has 0 saturated heterocycles. The summed E-state index contributed by atoms with van der Waals surface area (Å²) < 4.78 is 53.8. The molecule has 1 nitrogen and oxygen atoms in total. The molecule has 0 fully saturated rings. The van der Waals surface area contributed by atoms with Crippen LogP contribution in [0.1, 0.15) is 43.9 Å². The van der Waals surface area contributed by atoms with Gasteiger partial charge in [-0.3, -0.25) is 4.79 Å². The van der Waals surface area contributed by atoms with Gasteiger partial charge in [-0.25, -0.2) is 0 Å². The lowest BCUT2D eigenvalue weighted by Gasteiger charge is -2.10. The summed E-state index contributed by atoms with van der Waals surface area (Å²) in [6, 6.07) is 6.15. The Balaban J connectivity index is 2.62. The van der Waals surface area contributed by atoms with E-state index in [1.54, 1.807) is 37.3 Å². The Morgan fingerprint density at radius 1 is 1.18 bits per heavy atom. The molecule has 0 amide bonds. The number of hydrogen-bond donors (Lipinski definition) is 0. The summed E-state index contributed by atoms with van der Waals surface area (Å²) in [4.78, 5) is 12.7. The van der Waals surface area contributed by atoms with Crippen molar-refractivity contribution in [1.29, 1.82) is 0 Å². The van der Waals surface area contributed by atoms with Crippen LogP contribution in [0.25, 0.3) is 0 Å². The first kappa shape index (κ1) is 5.63. The average Bonchev–Trinajstić information content (AvgIpc) is 2.52. The van der Waals surface area contributed by atoms with Gasteiger partial charge in [0.2, 0.25) is 0 Å². The van der Waals surface area contributed by atoms with Crippen LogP contribution in [0.5, 0.6) is 0 Å². The summed E-state index contributed by atoms with van der Waals surface area (Å²) in [6.07, 6.45) is 0. The van der Waals surface area contributed by atoms with E-state index in [9.17, 15) is 4.79 Å². The van der Waals surface area contributed by atoms with Crippen molar-refractivity contribution in [1.82, 2.24) is 0 Å². The Morgan fingerprint density at radius 2 is 1.82 bits per heavy atom. The van der Waals surface area contributed by atoms with Gasteiger partial charge in [0.15, 0.2) is 5.78 Å². The van der Waals surface area contributed by atoms with Gasteiger partial charge in [0.1, 0.15) is 0 Å². The van der Waals surface area contributed by atoms with Gasteiger partial charge in [-0.15, -0.1) is 0 Å². The van der Waals surface area contributed by atoms with E-state index in [0.29, 0.717) is 5.56 Å². The summed E-state index contributed by atoms with van der Waals surface area (Å²) in [6.45, 7) is -1.17. The third-order valence-corrected chi connectivity index (χ3v) is 2.56. The lowest BCUT2D eigenvalue weighted by atomic mass is 9.92. The summed E-state index contributed by atoms with van der Waals surface area (Å²) in [7, 11) is 0. The van der Waals surface area contributed by atoms with Crippen LogP contribution in [0.4, 0.5) is 0 Å². The third kappa shape index (κ3) is 2.62. The second-order valence-electron chi connectivity index (χ2n) is 3.75. The van der Waals surface area contributed by atoms with Crippen LogP contribution in [0.15, 0.2) is 54.5 Å². The minimum Gasteiger partial charge on any atom is -0.294 e. The van der Waals surface area contributed by atoms with Crippen molar-refractivity contribution in [3.05, 3.63) is 71.2 Å². The van der Waals surface area contributed by atoms with Crippen molar-refractivity contribution in [2.24, 2.45) is 0 Å². The third-order valence-electron chi connectivity index (χ3n) is 2.56. The molecule has 2 aromatic rings.